The van der Waals surface area contributed by atoms with Gasteiger partial charge in [0.15, 0.2) is 0 Å². The SMILES string of the molecule is Cc1cccn2c(=O)c(C=C3SC(=S)N(CCCCCC(=O)O)C3=O)c(NCC(C)C)nc12. The van der Waals surface area contributed by atoms with Crippen molar-refractivity contribution < 1.29 is 14.7 Å². The second-order valence-corrected chi connectivity index (χ2v) is 10.1. The quantitative estimate of drug-likeness (QED) is 0.295. The van der Waals surface area contributed by atoms with Crippen LogP contribution < -0.4 is 10.9 Å². The number of aliphatic carboxylic acids is 1. The molecular weight excluding hydrogens is 460 g/mol. The number of carbonyl (C=O) groups is 2. The number of rotatable bonds is 10. The van der Waals surface area contributed by atoms with Crippen LogP contribution in [0.3, 0.4) is 0 Å². The number of thiocarbonyl (C=S) groups is 1. The molecule has 0 radical (unpaired) electrons. The van der Waals surface area contributed by atoms with Crippen molar-refractivity contribution in [1.29, 1.82) is 0 Å². The highest BCUT2D eigenvalue weighted by Crippen LogP contribution is 2.33. The zero-order valence-corrected chi connectivity index (χ0v) is 20.6. The number of unbranched alkanes of at least 4 members (excludes halogenated alkanes) is 2. The summed E-state index contributed by atoms with van der Waals surface area (Å²) >= 11 is 6.56. The number of carboxylic acids is 1. The van der Waals surface area contributed by atoms with E-state index in [0.29, 0.717) is 64.5 Å². The van der Waals surface area contributed by atoms with Crippen LogP contribution in [0.5, 0.6) is 0 Å². The first-order chi connectivity index (χ1) is 15.7. The summed E-state index contributed by atoms with van der Waals surface area (Å²) in [4.78, 5) is 43.6. The van der Waals surface area contributed by atoms with Gasteiger partial charge in [0.1, 0.15) is 15.8 Å². The molecule has 1 amide bonds. The molecular formula is C23H28N4O4S2. The predicted octanol–water partition coefficient (Wildman–Crippen LogP) is 3.92. The first-order valence-corrected chi connectivity index (χ1v) is 12.1. The first kappa shape index (κ1) is 24.9. The zero-order chi connectivity index (χ0) is 24.1. The largest absolute Gasteiger partial charge is 0.481 e. The Morgan fingerprint density at radius 3 is 2.76 bits per heavy atom. The van der Waals surface area contributed by atoms with Crippen LogP contribution >= 0.6 is 24.0 Å². The van der Waals surface area contributed by atoms with Crippen LogP contribution in [0.1, 0.15) is 50.7 Å². The summed E-state index contributed by atoms with van der Waals surface area (Å²) in [6.07, 6.45) is 5.28. The average molecular weight is 489 g/mol. The molecule has 2 aromatic heterocycles. The lowest BCUT2D eigenvalue weighted by atomic mass is 10.2. The lowest BCUT2D eigenvalue weighted by Crippen LogP contribution is -2.29. The molecule has 2 N–H and O–H groups in total. The molecule has 3 rings (SSSR count). The highest BCUT2D eigenvalue weighted by molar-refractivity contribution is 8.26. The average Bonchev–Trinajstić information content (AvgIpc) is 3.01. The number of thioether (sulfide) groups is 1. The third kappa shape index (κ3) is 6.00. The molecule has 1 saturated heterocycles. The predicted molar refractivity (Wildman–Crippen MR) is 136 cm³/mol. The molecule has 8 nitrogen and oxygen atoms in total. The van der Waals surface area contributed by atoms with E-state index in [-0.39, 0.29) is 17.9 Å². The van der Waals surface area contributed by atoms with Crippen LogP contribution in [0.15, 0.2) is 28.0 Å². The van der Waals surface area contributed by atoms with Gasteiger partial charge in [-0.1, -0.05) is 50.3 Å². The number of anilines is 1. The normalized spacial score (nSPS) is 15.3. The summed E-state index contributed by atoms with van der Waals surface area (Å²) in [5.41, 5.74) is 1.51. The Bertz CT molecular complexity index is 1170. The number of amides is 1. The van der Waals surface area contributed by atoms with E-state index in [9.17, 15) is 14.4 Å². The molecule has 2 aromatic rings. The number of hydrogen-bond acceptors (Lipinski definition) is 7. The van der Waals surface area contributed by atoms with Crippen LogP contribution in [0.25, 0.3) is 11.7 Å². The Kier molecular flexibility index (Phi) is 8.25. The van der Waals surface area contributed by atoms with Gasteiger partial charge in [-0.15, -0.1) is 0 Å². The van der Waals surface area contributed by atoms with E-state index in [1.807, 2.05) is 13.0 Å². The van der Waals surface area contributed by atoms with Crippen LogP contribution in [-0.4, -0.2) is 48.7 Å². The maximum atomic E-state index is 13.3. The molecule has 0 spiro atoms. The molecule has 0 aromatic carbocycles. The lowest BCUT2D eigenvalue weighted by Gasteiger charge is -2.14. The molecule has 0 aliphatic carbocycles. The van der Waals surface area contributed by atoms with Crippen molar-refractivity contribution >= 4 is 57.7 Å². The van der Waals surface area contributed by atoms with Gasteiger partial charge in [-0.25, -0.2) is 4.98 Å². The number of nitrogens with one attached hydrogen (secondary N) is 1. The Labute approximate surface area is 202 Å². The van der Waals surface area contributed by atoms with Gasteiger partial charge in [0, 0.05) is 25.7 Å². The third-order valence-electron chi connectivity index (χ3n) is 5.18. The molecule has 1 fully saturated rings. The highest BCUT2D eigenvalue weighted by atomic mass is 32.2. The minimum Gasteiger partial charge on any atom is -0.481 e. The number of carboxylic acid groups (broad SMARTS) is 1. The molecule has 0 unspecified atom stereocenters. The summed E-state index contributed by atoms with van der Waals surface area (Å²) in [7, 11) is 0. The van der Waals surface area contributed by atoms with E-state index < -0.39 is 5.97 Å². The number of fused-ring (bicyclic) bond motifs is 1. The van der Waals surface area contributed by atoms with E-state index in [2.05, 4.69) is 24.1 Å². The molecule has 176 valence electrons. The van der Waals surface area contributed by atoms with Crippen molar-refractivity contribution in [2.24, 2.45) is 5.92 Å². The number of aryl methyl sites for hydroxylation is 1. The van der Waals surface area contributed by atoms with E-state index in [0.717, 1.165) is 5.56 Å². The van der Waals surface area contributed by atoms with E-state index in [1.165, 1.54) is 21.1 Å². The summed E-state index contributed by atoms with van der Waals surface area (Å²) in [5, 5.41) is 12.0. The van der Waals surface area contributed by atoms with E-state index >= 15 is 0 Å². The van der Waals surface area contributed by atoms with Crippen molar-refractivity contribution in [3.05, 3.63) is 44.7 Å². The first-order valence-electron chi connectivity index (χ1n) is 10.9. The molecule has 10 heteroatoms. The summed E-state index contributed by atoms with van der Waals surface area (Å²) in [6, 6.07) is 3.69. The van der Waals surface area contributed by atoms with Gasteiger partial charge < -0.3 is 10.4 Å². The second kappa shape index (κ2) is 10.9. The molecule has 1 aliphatic rings. The number of aromatic nitrogens is 2. The number of nitrogens with zero attached hydrogens (tertiary/aromatic N) is 3. The van der Waals surface area contributed by atoms with Crippen molar-refractivity contribution in [2.45, 2.75) is 46.5 Å². The molecule has 1 aliphatic heterocycles. The summed E-state index contributed by atoms with van der Waals surface area (Å²) < 4.78 is 1.93. The highest BCUT2D eigenvalue weighted by Gasteiger charge is 2.32. The Hall–Kier alpha value is -2.72. The van der Waals surface area contributed by atoms with Gasteiger partial charge in [-0.2, -0.15) is 0 Å². The second-order valence-electron chi connectivity index (χ2n) is 8.38. The number of hydrogen-bond donors (Lipinski definition) is 2. The van der Waals surface area contributed by atoms with Crippen molar-refractivity contribution in [2.75, 3.05) is 18.4 Å². The minimum absolute atomic E-state index is 0.114. The number of pyridine rings is 1. The fourth-order valence-electron chi connectivity index (χ4n) is 3.42. The van der Waals surface area contributed by atoms with Crippen LogP contribution in [0.4, 0.5) is 5.82 Å². The Morgan fingerprint density at radius 1 is 1.30 bits per heavy atom. The van der Waals surface area contributed by atoms with Crippen LogP contribution in [0.2, 0.25) is 0 Å². The van der Waals surface area contributed by atoms with Gasteiger partial charge >= 0.3 is 5.97 Å². The third-order valence-corrected chi connectivity index (χ3v) is 6.56. The van der Waals surface area contributed by atoms with Crippen molar-refractivity contribution in [3.63, 3.8) is 0 Å². The monoisotopic (exact) mass is 488 g/mol. The van der Waals surface area contributed by atoms with E-state index in [4.69, 9.17) is 17.3 Å². The van der Waals surface area contributed by atoms with E-state index in [1.54, 1.807) is 18.3 Å². The van der Waals surface area contributed by atoms with Crippen LogP contribution in [-0.2, 0) is 9.59 Å². The Balaban J connectivity index is 1.89. The van der Waals surface area contributed by atoms with Gasteiger partial charge in [-0.05, 0) is 43.4 Å². The molecule has 0 saturated carbocycles. The fourth-order valence-corrected chi connectivity index (χ4v) is 4.71. The van der Waals surface area contributed by atoms with Gasteiger partial charge in [-0.3, -0.25) is 23.7 Å². The van der Waals surface area contributed by atoms with Crippen LogP contribution in [0, 0.1) is 12.8 Å². The van der Waals surface area contributed by atoms with Gasteiger partial charge in [0.05, 0.1) is 10.5 Å². The van der Waals surface area contributed by atoms with Crippen molar-refractivity contribution in [1.82, 2.24) is 14.3 Å². The summed E-state index contributed by atoms with van der Waals surface area (Å²) in [5.74, 6) is -0.279. The molecule has 33 heavy (non-hydrogen) atoms. The molecule has 3 heterocycles. The number of carbonyl (C=O) groups excluding carboxylic acids is 1. The Morgan fingerprint density at radius 2 is 2.06 bits per heavy atom. The molecule has 0 atom stereocenters. The van der Waals surface area contributed by atoms with Gasteiger partial charge in [0.25, 0.3) is 11.5 Å². The zero-order valence-electron chi connectivity index (χ0n) is 19.0. The fraction of sp³-hybridized carbons (Fsp3) is 0.435. The molecule has 0 bridgehead atoms. The van der Waals surface area contributed by atoms with Crippen molar-refractivity contribution in [3.8, 4) is 0 Å². The smallest absolute Gasteiger partial charge is 0.303 e. The standard InChI is InChI=1S/C23H28N4O4S2/c1-14(2)13-24-19-16(21(30)26-11-7-8-15(3)20(26)25-19)12-17-22(31)27(23(32)33-17)10-6-4-5-9-18(28)29/h7-8,11-12,14,24H,4-6,9-10,13H2,1-3H3,(H,28,29). The minimum atomic E-state index is -0.823. The lowest BCUT2D eigenvalue weighted by molar-refractivity contribution is -0.137. The summed E-state index contributed by atoms with van der Waals surface area (Å²) in [6.45, 7) is 7.08. The van der Waals surface area contributed by atoms with Gasteiger partial charge in [0.2, 0.25) is 0 Å². The maximum absolute atomic E-state index is 13.3. The topological polar surface area (TPSA) is 104 Å². The maximum Gasteiger partial charge on any atom is 0.303 e.